The second-order valence-electron chi connectivity index (χ2n) is 8.97. The van der Waals surface area contributed by atoms with Gasteiger partial charge >= 0.3 is 0 Å². The van der Waals surface area contributed by atoms with Crippen LogP contribution in [0.25, 0.3) is 39.2 Å². The predicted octanol–water partition coefficient (Wildman–Crippen LogP) is 4.56. The van der Waals surface area contributed by atoms with Crippen molar-refractivity contribution in [1.82, 2.24) is 19.2 Å². The van der Waals surface area contributed by atoms with Gasteiger partial charge in [0.1, 0.15) is 5.82 Å². The molecule has 8 heteroatoms. The van der Waals surface area contributed by atoms with Crippen LogP contribution in [0.1, 0.15) is 29.2 Å². The molecule has 4 heterocycles. The van der Waals surface area contributed by atoms with Gasteiger partial charge in [0.05, 0.1) is 22.9 Å². The second kappa shape index (κ2) is 8.98. The Balaban J connectivity index is 1.52. The van der Waals surface area contributed by atoms with Crippen LogP contribution >= 0.6 is 0 Å². The van der Waals surface area contributed by atoms with Crippen molar-refractivity contribution >= 4 is 17.2 Å². The summed E-state index contributed by atoms with van der Waals surface area (Å²) in [4.78, 5) is 16.4. The van der Waals surface area contributed by atoms with E-state index < -0.39 is 5.91 Å². The molecule has 1 aliphatic rings. The van der Waals surface area contributed by atoms with Crippen LogP contribution in [0.4, 0.5) is 5.82 Å². The van der Waals surface area contributed by atoms with Crippen LogP contribution in [-0.4, -0.2) is 38.3 Å². The zero-order chi connectivity index (χ0) is 24.6. The van der Waals surface area contributed by atoms with E-state index in [9.17, 15) is 4.79 Å². The van der Waals surface area contributed by atoms with Crippen LogP contribution in [0, 0.1) is 0 Å². The van der Waals surface area contributed by atoms with Gasteiger partial charge in [0.2, 0.25) is 5.91 Å². The zero-order valence-electron chi connectivity index (χ0n) is 19.7. The lowest BCUT2D eigenvalue weighted by Gasteiger charge is -2.24. The monoisotopic (exact) mass is 478 g/mol. The number of aromatic nitrogens is 4. The minimum Gasteiger partial charge on any atom is -0.382 e. The van der Waals surface area contributed by atoms with Crippen molar-refractivity contribution in [3.63, 3.8) is 0 Å². The summed E-state index contributed by atoms with van der Waals surface area (Å²) in [5.41, 5.74) is 19.0. The van der Waals surface area contributed by atoms with Gasteiger partial charge in [-0.1, -0.05) is 36.4 Å². The van der Waals surface area contributed by atoms with E-state index >= 15 is 0 Å². The van der Waals surface area contributed by atoms with Crippen molar-refractivity contribution in [3.05, 3.63) is 84.8 Å². The lowest BCUT2D eigenvalue weighted by Crippen LogP contribution is -2.21. The number of carbonyl (C=O) groups is 1. The molecule has 1 fully saturated rings. The second-order valence-corrected chi connectivity index (χ2v) is 8.97. The van der Waals surface area contributed by atoms with E-state index in [1.807, 2.05) is 54.9 Å². The molecule has 0 spiro atoms. The van der Waals surface area contributed by atoms with Crippen molar-refractivity contribution in [1.29, 1.82) is 0 Å². The molecule has 180 valence electrons. The summed E-state index contributed by atoms with van der Waals surface area (Å²) in [5.74, 6) is 0.000328. The largest absolute Gasteiger partial charge is 0.382 e. The van der Waals surface area contributed by atoms with Crippen molar-refractivity contribution in [2.45, 2.75) is 18.9 Å². The van der Waals surface area contributed by atoms with Crippen LogP contribution in [0.2, 0.25) is 0 Å². The number of primary amides is 1. The van der Waals surface area contributed by atoms with Crippen molar-refractivity contribution in [2.75, 3.05) is 18.9 Å². The average Bonchev–Trinajstić information content (AvgIpc) is 3.55. The number of benzene rings is 2. The molecule has 3 aromatic heterocycles. The van der Waals surface area contributed by atoms with E-state index in [-0.39, 0.29) is 6.04 Å². The third-order valence-corrected chi connectivity index (χ3v) is 6.85. The van der Waals surface area contributed by atoms with E-state index in [4.69, 9.17) is 16.2 Å². The van der Waals surface area contributed by atoms with Gasteiger partial charge in [0.25, 0.3) is 0 Å². The summed E-state index contributed by atoms with van der Waals surface area (Å²) in [6, 6.07) is 19.9. The number of rotatable bonds is 5. The molecule has 5 aromatic rings. The lowest BCUT2D eigenvalue weighted by atomic mass is 9.97. The van der Waals surface area contributed by atoms with Gasteiger partial charge in [-0.25, -0.2) is 4.98 Å². The fraction of sp³-hybridized carbons (Fsp3) is 0.179. The minimum atomic E-state index is -0.452. The van der Waals surface area contributed by atoms with E-state index in [0.717, 1.165) is 65.2 Å². The highest BCUT2D eigenvalue weighted by atomic mass is 16.5. The van der Waals surface area contributed by atoms with Gasteiger partial charge in [0.15, 0.2) is 0 Å². The van der Waals surface area contributed by atoms with Gasteiger partial charge < -0.3 is 20.6 Å². The molecule has 1 aliphatic heterocycles. The highest BCUT2D eigenvalue weighted by Crippen LogP contribution is 2.38. The number of nitrogens with two attached hydrogens (primary N) is 2. The summed E-state index contributed by atoms with van der Waals surface area (Å²) in [5, 5.41) is 4.66. The van der Waals surface area contributed by atoms with Crippen LogP contribution in [0.15, 0.2) is 79.3 Å². The number of amides is 1. The van der Waals surface area contributed by atoms with Gasteiger partial charge in [0, 0.05) is 42.9 Å². The maximum atomic E-state index is 12.0. The van der Waals surface area contributed by atoms with Crippen LogP contribution in [0.5, 0.6) is 0 Å². The van der Waals surface area contributed by atoms with Gasteiger partial charge in [-0.2, -0.15) is 5.10 Å². The number of hydrogen-bond acceptors (Lipinski definition) is 5. The summed E-state index contributed by atoms with van der Waals surface area (Å²) in [6.45, 7) is 1.46. The van der Waals surface area contributed by atoms with Crippen LogP contribution < -0.4 is 11.5 Å². The lowest BCUT2D eigenvalue weighted by molar-refractivity contribution is 0.0667. The fourth-order valence-corrected chi connectivity index (χ4v) is 5.14. The number of hydrogen-bond donors (Lipinski definition) is 2. The molecule has 0 saturated carbocycles. The molecule has 0 radical (unpaired) electrons. The first-order valence-electron chi connectivity index (χ1n) is 12.0. The summed E-state index contributed by atoms with van der Waals surface area (Å²) >= 11 is 0. The Hall–Kier alpha value is -4.43. The molecular formula is C28H26N6O2. The van der Waals surface area contributed by atoms with Crippen molar-refractivity contribution in [2.24, 2.45) is 5.73 Å². The Bertz CT molecular complexity index is 1580. The molecule has 6 rings (SSSR count). The third kappa shape index (κ3) is 3.72. The number of fused-ring (bicyclic) bond motifs is 1. The van der Waals surface area contributed by atoms with Gasteiger partial charge in [-0.05, 0) is 53.8 Å². The number of ether oxygens (including phenoxy) is 1. The minimum absolute atomic E-state index is 0.272. The van der Waals surface area contributed by atoms with Crippen molar-refractivity contribution < 1.29 is 9.53 Å². The molecular weight excluding hydrogens is 452 g/mol. The Morgan fingerprint density at radius 1 is 0.917 bits per heavy atom. The number of nitrogens with zero attached hydrogens (tertiary/aromatic N) is 4. The first-order valence-corrected chi connectivity index (χ1v) is 12.0. The maximum absolute atomic E-state index is 12.0. The highest BCUT2D eigenvalue weighted by molar-refractivity contribution is 6.00. The van der Waals surface area contributed by atoms with Crippen LogP contribution in [0.3, 0.4) is 0 Å². The molecule has 0 bridgehead atoms. The molecule has 0 atom stereocenters. The molecule has 8 nitrogen and oxygen atoms in total. The number of anilines is 1. The first-order chi connectivity index (χ1) is 17.6. The molecule has 1 amide bonds. The molecule has 36 heavy (non-hydrogen) atoms. The Morgan fingerprint density at radius 3 is 2.56 bits per heavy atom. The Kier molecular flexibility index (Phi) is 5.50. The standard InChI is InChI=1S/C28H26N6O2/c29-27-26-23(24-8-11-32-34(24)20-9-14-36-15-10-20)17-25(33(26)13-12-31-27)19-5-3-4-18(16-19)21-6-1-2-7-22(21)28(30)35/h1-8,11-13,16-17,20H,9-10,14-15H2,(H2,29,31)(H2,30,35). The van der Waals surface area contributed by atoms with E-state index in [0.29, 0.717) is 11.4 Å². The van der Waals surface area contributed by atoms with E-state index in [1.54, 1.807) is 12.3 Å². The molecule has 0 unspecified atom stereocenters. The predicted molar refractivity (Wildman–Crippen MR) is 139 cm³/mol. The summed E-state index contributed by atoms with van der Waals surface area (Å²) in [6.07, 6.45) is 7.30. The number of carbonyl (C=O) groups excluding carboxylic acids is 1. The van der Waals surface area contributed by atoms with Gasteiger partial charge in [-0.3, -0.25) is 9.48 Å². The summed E-state index contributed by atoms with van der Waals surface area (Å²) in [7, 11) is 0. The van der Waals surface area contributed by atoms with Crippen LogP contribution in [-0.2, 0) is 4.74 Å². The summed E-state index contributed by atoms with van der Waals surface area (Å²) < 4.78 is 9.72. The molecule has 4 N–H and O–H groups in total. The third-order valence-electron chi connectivity index (χ3n) is 6.85. The first kappa shape index (κ1) is 22.1. The van der Waals surface area contributed by atoms with E-state index in [1.165, 1.54) is 0 Å². The normalized spacial score (nSPS) is 14.3. The molecule has 2 aromatic carbocycles. The Labute approximate surface area is 208 Å². The van der Waals surface area contributed by atoms with Crippen molar-refractivity contribution in [3.8, 4) is 33.6 Å². The highest BCUT2D eigenvalue weighted by Gasteiger charge is 2.23. The fourth-order valence-electron chi connectivity index (χ4n) is 5.14. The zero-order valence-corrected chi connectivity index (χ0v) is 19.7. The van der Waals surface area contributed by atoms with E-state index in [2.05, 4.69) is 31.3 Å². The topological polar surface area (TPSA) is 113 Å². The Morgan fingerprint density at radius 2 is 1.72 bits per heavy atom. The molecule has 0 aliphatic carbocycles. The maximum Gasteiger partial charge on any atom is 0.249 e. The number of nitrogen functional groups attached to an aromatic ring is 1. The van der Waals surface area contributed by atoms with Gasteiger partial charge in [-0.15, -0.1) is 0 Å². The SMILES string of the molecule is NC(=O)c1ccccc1-c1cccc(-c2cc(-c3ccnn3C3CCOCC3)c3c(N)nccn23)c1. The molecule has 1 saturated heterocycles. The smallest absolute Gasteiger partial charge is 0.249 e. The quantitative estimate of drug-likeness (QED) is 0.384. The average molecular weight is 479 g/mol.